The maximum Gasteiger partial charge on any atom is 0.270 e. The molecule has 2 N–H and O–H groups in total. The van der Waals surface area contributed by atoms with E-state index in [-0.39, 0.29) is 11.9 Å². The van der Waals surface area contributed by atoms with Crippen LogP contribution < -0.4 is 5.32 Å². The highest BCUT2D eigenvalue weighted by atomic mass is 127. The lowest BCUT2D eigenvalue weighted by Crippen LogP contribution is -2.29. The zero-order valence-corrected chi connectivity index (χ0v) is 15.3. The van der Waals surface area contributed by atoms with Crippen LogP contribution in [-0.4, -0.2) is 16.1 Å². The molecular weight excluding hydrogens is 389 g/mol. The van der Waals surface area contributed by atoms with Gasteiger partial charge in [0.25, 0.3) is 5.91 Å². The van der Waals surface area contributed by atoms with E-state index >= 15 is 0 Å². The summed E-state index contributed by atoms with van der Waals surface area (Å²) in [7, 11) is 0. The second-order valence-corrected chi connectivity index (χ2v) is 6.67. The summed E-state index contributed by atoms with van der Waals surface area (Å²) in [6, 6.07) is 8.58. The SMILES string of the molecule is CCC(C)c1ccc(C(CC)NC(=O)c2[nH]ncc2I)cc1. The molecule has 1 amide bonds. The fourth-order valence-corrected chi connectivity index (χ4v) is 2.88. The summed E-state index contributed by atoms with van der Waals surface area (Å²) in [6.07, 6.45) is 3.63. The van der Waals surface area contributed by atoms with Crippen molar-refractivity contribution in [3.8, 4) is 0 Å². The van der Waals surface area contributed by atoms with E-state index < -0.39 is 0 Å². The molecule has 0 bridgehead atoms. The number of amides is 1. The molecule has 0 radical (unpaired) electrons. The summed E-state index contributed by atoms with van der Waals surface area (Å²) in [5.41, 5.74) is 3.00. The quantitative estimate of drug-likeness (QED) is 0.692. The number of carbonyl (C=O) groups is 1. The molecule has 2 rings (SSSR count). The van der Waals surface area contributed by atoms with Crippen LogP contribution >= 0.6 is 22.6 Å². The summed E-state index contributed by atoms with van der Waals surface area (Å²) in [6.45, 7) is 6.50. The molecule has 0 saturated carbocycles. The number of nitrogens with one attached hydrogen (secondary N) is 2. The summed E-state index contributed by atoms with van der Waals surface area (Å²) in [4.78, 5) is 12.3. The van der Waals surface area contributed by atoms with Gasteiger partial charge in [-0.15, -0.1) is 0 Å². The minimum atomic E-state index is -0.111. The number of aromatic amines is 1. The molecule has 0 fully saturated rings. The zero-order valence-electron chi connectivity index (χ0n) is 13.2. The molecule has 0 aliphatic carbocycles. The second-order valence-electron chi connectivity index (χ2n) is 5.50. The van der Waals surface area contributed by atoms with E-state index in [1.807, 2.05) is 0 Å². The van der Waals surface area contributed by atoms with E-state index in [9.17, 15) is 4.79 Å². The van der Waals surface area contributed by atoms with E-state index in [0.29, 0.717) is 11.6 Å². The molecule has 2 unspecified atom stereocenters. The number of H-pyrrole nitrogens is 1. The van der Waals surface area contributed by atoms with E-state index in [4.69, 9.17) is 0 Å². The molecule has 1 heterocycles. The zero-order chi connectivity index (χ0) is 16.1. The third kappa shape index (κ3) is 3.88. The van der Waals surface area contributed by atoms with Crippen LogP contribution in [0.5, 0.6) is 0 Å². The van der Waals surface area contributed by atoms with Gasteiger partial charge in [-0.1, -0.05) is 45.0 Å². The van der Waals surface area contributed by atoms with Crippen molar-refractivity contribution in [3.05, 3.63) is 50.9 Å². The predicted molar refractivity (Wildman–Crippen MR) is 97.0 cm³/mol. The average Bonchev–Trinajstić information content (AvgIpc) is 2.98. The van der Waals surface area contributed by atoms with Crippen LogP contribution in [0.1, 0.15) is 67.2 Å². The number of carbonyl (C=O) groups excluding carboxylic acids is 1. The van der Waals surface area contributed by atoms with Crippen molar-refractivity contribution >= 4 is 28.5 Å². The van der Waals surface area contributed by atoms with Crippen molar-refractivity contribution in [3.63, 3.8) is 0 Å². The van der Waals surface area contributed by atoms with Crippen molar-refractivity contribution in [1.29, 1.82) is 0 Å². The summed E-state index contributed by atoms with van der Waals surface area (Å²) in [5, 5.41) is 9.72. The van der Waals surface area contributed by atoms with Crippen LogP contribution in [-0.2, 0) is 0 Å². The van der Waals surface area contributed by atoms with E-state index in [0.717, 1.165) is 22.0 Å². The third-order valence-electron chi connectivity index (χ3n) is 4.05. The van der Waals surface area contributed by atoms with E-state index in [2.05, 4.69) is 83.1 Å². The van der Waals surface area contributed by atoms with Crippen LogP contribution in [0.3, 0.4) is 0 Å². The average molecular weight is 411 g/mol. The lowest BCUT2D eigenvalue weighted by Gasteiger charge is -2.18. The lowest BCUT2D eigenvalue weighted by molar-refractivity contribution is 0.0929. The van der Waals surface area contributed by atoms with Crippen LogP contribution in [0, 0.1) is 3.57 Å². The van der Waals surface area contributed by atoms with Crippen molar-refractivity contribution in [2.24, 2.45) is 0 Å². The van der Waals surface area contributed by atoms with Gasteiger partial charge < -0.3 is 5.32 Å². The molecule has 118 valence electrons. The Kier molecular flexibility index (Phi) is 5.99. The van der Waals surface area contributed by atoms with Crippen molar-refractivity contribution in [2.75, 3.05) is 0 Å². The van der Waals surface area contributed by atoms with Crippen LogP contribution in [0.2, 0.25) is 0 Å². The molecule has 5 heteroatoms. The van der Waals surface area contributed by atoms with Gasteiger partial charge in [0.15, 0.2) is 0 Å². The lowest BCUT2D eigenvalue weighted by atomic mass is 9.95. The van der Waals surface area contributed by atoms with Crippen LogP contribution in [0.15, 0.2) is 30.5 Å². The van der Waals surface area contributed by atoms with Gasteiger partial charge in [0.2, 0.25) is 0 Å². The third-order valence-corrected chi connectivity index (χ3v) is 4.87. The highest BCUT2D eigenvalue weighted by Gasteiger charge is 2.17. The molecule has 0 saturated heterocycles. The smallest absolute Gasteiger partial charge is 0.270 e. The molecular formula is C17H22IN3O. The van der Waals surface area contributed by atoms with E-state index in [1.54, 1.807) is 6.20 Å². The molecule has 0 aliphatic rings. The molecule has 2 atom stereocenters. The first kappa shape index (κ1) is 17.0. The molecule has 22 heavy (non-hydrogen) atoms. The Morgan fingerprint density at radius 3 is 2.36 bits per heavy atom. The number of hydrogen-bond donors (Lipinski definition) is 2. The second kappa shape index (κ2) is 7.76. The summed E-state index contributed by atoms with van der Waals surface area (Å²) in [5.74, 6) is 0.454. The molecule has 4 nitrogen and oxygen atoms in total. The van der Waals surface area contributed by atoms with Gasteiger partial charge in [-0.05, 0) is 52.5 Å². The number of halogens is 1. The minimum absolute atomic E-state index is 0.0117. The number of rotatable bonds is 6. The largest absolute Gasteiger partial charge is 0.344 e. The summed E-state index contributed by atoms with van der Waals surface area (Å²) >= 11 is 2.11. The highest BCUT2D eigenvalue weighted by Crippen LogP contribution is 2.23. The standard InChI is InChI=1S/C17H22IN3O/c1-4-11(3)12-6-8-13(9-7-12)15(5-2)20-17(22)16-14(18)10-19-21-16/h6-11,15H,4-5H2,1-3H3,(H,19,21)(H,20,22). The monoisotopic (exact) mass is 411 g/mol. The van der Waals surface area contributed by atoms with Gasteiger partial charge in [-0.2, -0.15) is 5.10 Å². The van der Waals surface area contributed by atoms with Crippen LogP contribution in [0.25, 0.3) is 0 Å². The number of benzene rings is 1. The van der Waals surface area contributed by atoms with Gasteiger partial charge >= 0.3 is 0 Å². The number of nitrogens with zero attached hydrogens (tertiary/aromatic N) is 1. The topological polar surface area (TPSA) is 57.8 Å². The number of hydrogen-bond acceptors (Lipinski definition) is 2. The fourth-order valence-electron chi connectivity index (χ4n) is 2.37. The normalized spacial score (nSPS) is 13.6. The molecule has 1 aromatic heterocycles. The molecule has 0 spiro atoms. The molecule has 0 aliphatic heterocycles. The summed E-state index contributed by atoms with van der Waals surface area (Å²) < 4.78 is 0.831. The Hall–Kier alpha value is -1.37. The Bertz CT molecular complexity index is 621. The van der Waals surface area contributed by atoms with Gasteiger partial charge in [0, 0.05) is 0 Å². The van der Waals surface area contributed by atoms with Crippen molar-refractivity contribution in [2.45, 2.75) is 45.6 Å². The number of aromatic nitrogens is 2. The maximum absolute atomic E-state index is 12.3. The Morgan fingerprint density at radius 2 is 1.86 bits per heavy atom. The first-order valence-corrected chi connectivity index (χ1v) is 8.74. The van der Waals surface area contributed by atoms with Gasteiger partial charge in [-0.25, -0.2) is 0 Å². The van der Waals surface area contributed by atoms with Gasteiger partial charge in [0.05, 0.1) is 15.8 Å². The Morgan fingerprint density at radius 1 is 1.23 bits per heavy atom. The Labute approximate surface area is 145 Å². The molecule has 1 aromatic carbocycles. The predicted octanol–water partition coefficient (Wildman–Crippen LogP) is 4.41. The fraction of sp³-hybridized carbons (Fsp3) is 0.412. The van der Waals surface area contributed by atoms with Crippen molar-refractivity contribution < 1.29 is 4.79 Å². The molecule has 2 aromatic rings. The highest BCUT2D eigenvalue weighted by molar-refractivity contribution is 14.1. The maximum atomic E-state index is 12.3. The van der Waals surface area contributed by atoms with Gasteiger partial charge in [-0.3, -0.25) is 9.89 Å². The van der Waals surface area contributed by atoms with Crippen molar-refractivity contribution in [1.82, 2.24) is 15.5 Å². The minimum Gasteiger partial charge on any atom is -0.344 e. The van der Waals surface area contributed by atoms with E-state index in [1.165, 1.54) is 5.56 Å². The van der Waals surface area contributed by atoms with Gasteiger partial charge in [0.1, 0.15) is 5.69 Å². The van der Waals surface area contributed by atoms with Crippen LogP contribution in [0.4, 0.5) is 0 Å². The first-order valence-electron chi connectivity index (χ1n) is 7.66. The first-order chi connectivity index (χ1) is 10.6. The Balaban J connectivity index is 2.11.